The molecule has 0 aromatic carbocycles. The number of aliphatic hydroxyl groups is 2. The number of hydrogen-bond acceptors (Lipinski definition) is 7. The highest BCUT2D eigenvalue weighted by Crippen LogP contribution is 2.54. The van der Waals surface area contributed by atoms with Crippen molar-refractivity contribution in [1.82, 2.24) is 0 Å². The van der Waals surface area contributed by atoms with E-state index in [4.69, 9.17) is 23.7 Å². The molecule has 3 heterocycles. The van der Waals surface area contributed by atoms with Crippen molar-refractivity contribution in [2.24, 2.45) is 0 Å². The van der Waals surface area contributed by atoms with Gasteiger partial charge in [-0.05, 0) is 20.8 Å². The second-order valence-corrected chi connectivity index (χ2v) is 6.36. The zero-order valence-electron chi connectivity index (χ0n) is 12.2. The quantitative estimate of drug-likeness (QED) is 0.656. The van der Waals surface area contributed by atoms with Gasteiger partial charge in [0.1, 0.15) is 24.4 Å². The van der Waals surface area contributed by atoms with Gasteiger partial charge < -0.3 is 33.9 Å². The summed E-state index contributed by atoms with van der Waals surface area (Å²) in [4.78, 5) is 0. The van der Waals surface area contributed by atoms with Gasteiger partial charge in [-0.2, -0.15) is 0 Å². The molecule has 116 valence electrons. The minimum atomic E-state index is -1.67. The Morgan fingerprint density at radius 1 is 1.10 bits per heavy atom. The van der Waals surface area contributed by atoms with E-state index in [9.17, 15) is 10.2 Å². The molecule has 0 amide bonds. The highest BCUT2D eigenvalue weighted by molar-refractivity contribution is 5.21. The van der Waals surface area contributed by atoms with Crippen LogP contribution < -0.4 is 0 Å². The predicted molar refractivity (Wildman–Crippen MR) is 65.9 cm³/mol. The Morgan fingerprint density at radius 3 is 2.20 bits per heavy atom. The molecule has 5 atom stereocenters. The zero-order chi connectivity index (χ0) is 14.8. The van der Waals surface area contributed by atoms with Crippen LogP contribution in [0.3, 0.4) is 0 Å². The highest BCUT2D eigenvalue weighted by Gasteiger charge is 2.78. The van der Waals surface area contributed by atoms with E-state index < -0.39 is 35.0 Å². The van der Waals surface area contributed by atoms with E-state index in [1.54, 1.807) is 20.8 Å². The fourth-order valence-electron chi connectivity index (χ4n) is 3.26. The van der Waals surface area contributed by atoms with Gasteiger partial charge in [0.2, 0.25) is 5.79 Å². The lowest BCUT2D eigenvalue weighted by molar-refractivity contribution is -0.391. The number of ether oxygens (including phenoxy) is 5. The average Bonchev–Trinajstić information content (AvgIpc) is 3.03. The Balaban J connectivity index is 2.05. The van der Waals surface area contributed by atoms with Crippen molar-refractivity contribution < 1.29 is 33.9 Å². The van der Waals surface area contributed by atoms with Crippen LogP contribution in [0, 0.1) is 0 Å². The summed E-state index contributed by atoms with van der Waals surface area (Å²) in [6, 6.07) is 0. The SMILES string of the molecule is CO[C@@H]1[C@H](O)CO[C@]2(COC(C)(C)O2)[C@@]1(O)C1(C)CO1. The minimum Gasteiger partial charge on any atom is -0.388 e. The molecule has 0 radical (unpaired) electrons. The lowest BCUT2D eigenvalue weighted by atomic mass is 9.73. The molecule has 2 N–H and O–H groups in total. The predicted octanol–water partition coefficient (Wildman–Crippen LogP) is -0.608. The number of methoxy groups -OCH3 is 1. The van der Waals surface area contributed by atoms with Gasteiger partial charge in [0, 0.05) is 7.11 Å². The number of rotatable bonds is 2. The van der Waals surface area contributed by atoms with Crippen molar-refractivity contribution in [3.05, 3.63) is 0 Å². The van der Waals surface area contributed by atoms with Crippen LogP contribution in [0.2, 0.25) is 0 Å². The van der Waals surface area contributed by atoms with Gasteiger partial charge >= 0.3 is 0 Å². The largest absolute Gasteiger partial charge is 0.388 e. The number of hydrogen-bond donors (Lipinski definition) is 2. The number of aliphatic hydroxyl groups excluding tert-OH is 1. The molecule has 7 nitrogen and oxygen atoms in total. The van der Waals surface area contributed by atoms with Crippen LogP contribution in [0.25, 0.3) is 0 Å². The normalized spacial score (nSPS) is 54.3. The van der Waals surface area contributed by atoms with Crippen molar-refractivity contribution in [2.75, 3.05) is 26.9 Å². The van der Waals surface area contributed by atoms with E-state index in [0.29, 0.717) is 6.61 Å². The van der Waals surface area contributed by atoms with Crippen LogP contribution in [0.1, 0.15) is 20.8 Å². The first kappa shape index (κ1) is 14.6. The summed E-state index contributed by atoms with van der Waals surface area (Å²) in [5, 5.41) is 21.5. The van der Waals surface area contributed by atoms with Crippen molar-refractivity contribution in [1.29, 1.82) is 0 Å². The standard InChI is InChI=1S/C13H22O7/c1-10(2)18-7-12(20-10)13(15,11(3)6-19-11)9(16-4)8(14)5-17-12/h8-9,14-15H,5-7H2,1-4H3/t8-,9-,11?,12+,13+/m1/s1. The second kappa shape index (κ2) is 4.13. The molecule has 3 aliphatic heterocycles. The molecule has 7 heteroatoms. The Hall–Kier alpha value is -0.280. The average molecular weight is 290 g/mol. The fraction of sp³-hybridized carbons (Fsp3) is 1.00. The van der Waals surface area contributed by atoms with Crippen molar-refractivity contribution in [3.8, 4) is 0 Å². The van der Waals surface area contributed by atoms with Crippen molar-refractivity contribution in [2.45, 2.75) is 55.8 Å². The first-order chi connectivity index (χ1) is 9.20. The molecule has 3 saturated heterocycles. The molecule has 0 bridgehead atoms. The molecular weight excluding hydrogens is 268 g/mol. The third kappa shape index (κ3) is 1.72. The monoisotopic (exact) mass is 290 g/mol. The summed E-state index contributed by atoms with van der Waals surface area (Å²) in [7, 11) is 1.44. The minimum absolute atomic E-state index is 0.00363. The van der Waals surface area contributed by atoms with E-state index in [1.807, 2.05) is 0 Å². The van der Waals surface area contributed by atoms with Crippen LogP contribution in [0.15, 0.2) is 0 Å². The van der Waals surface area contributed by atoms with Crippen LogP contribution in [-0.2, 0) is 23.7 Å². The maximum Gasteiger partial charge on any atom is 0.230 e. The van der Waals surface area contributed by atoms with Gasteiger partial charge in [-0.25, -0.2) is 0 Å². The molecule has 3 rings (SSSR count). The van der Waals surface area contributed by atoms with Crippen LogP contribution in [0.4, 0.5) is 0 Å². The van der Waals surface area contributed by atoms with Crippen molar-refractivity contribution >= 4 is 0 Å². The molecule has 1 unspecified atom stereocenters. The van der Waals surface area contributed by atoms with Gasteiger partial charge in [-0.3, -0.25) is 0 Å². The summed E-state index contributed by atoms with van der Waals surface area (Å²) in [6.45, 7) is 5.61. The van der Waals surface area contributed by atoms with Crippen LogP contribution in [0.5, 0.6) is 0 Å². The van der Waals surface area contributed by atoms with Crippen LogP contribution >= 0.6 is 0 Å². The Morgan fingerprint density at radius 2 is 1.75 bits per heavy atom. The molecule has 0 aliphatic carbocycles. The molecule has 1 spiro atoms. The molecule has 20 heavy (non-hydrogen) atoms. The first-order valence-electron chi connectivity index (χ1n) is 6.75. The molecule has 0 aromatic heterocycles. The third-order valence-corrected chi connectivity index (χ3v) is 4.49. The van der Waals surface area contributed by atoms with Gasteiger partial charge in [-0.1, -0.05) is 0 Å². The maximum absolute atomic E-state index is 11.3. The van der Waals surface area contributed by atoms with E-state index in [1.165, 1.54) is 7.11 Å². The molecular formula is C13H22O7. The third-order valence-electron chi connectivity index (χ3n) is 4.49. The van der Waals surface area contributed by atoms with E-state index in [2.05, 4.69) is 0 Å². The molecule has 3 fully saturated rings. The first-order valence-corrected chi connectivity index (χ1v) is 6.75. The lowest BCUT2D eigenvalue weighted by Crippen LogP contribution is -2.77. The maximum atomic E-state index is 11.3. The Bertz CT molecular complexity index is 408. The summed E-state index contributed by atoms with van der Waals surface area (Å²) in [6.07, 6.45) is -1.86. The molecule has 0 aromatic rings. The Labute approximate surface area is 117 Å². The van der Waals surface area contributed by atoms with Crippen molar-refractivity contribution in [3.63, 3.8) is 0 Å². The molecule has 3 aliphatic rings. The highest BCUT2D eigenvalue weighted by atomic mass is 16.8. The second-order valence-electron chi connectivity index (χ2n) is 6.36. The van der Waals surface area contributed by atoms with E-state index in [-0.39, 0.29) is 13.2 Å². The van der Waals surface area contributed by atoms with Gasteiger partial charge in [0.15, 0.2) is 11.4 Å². The van der Waals surface area contributed by atoms with E-state index >= 15 is 0 Å². The van der Waals surface area contributed by atoms with E-state index in [0.717, 1.165) is 0 Å². The smallest absolute Gasteiger partial charge is 0.230 e. The fourth-order valence-corrected chi connectivity index (χ4v) is 3.26. The summed E-state index contributed by atoms with van der Waals surface area (Å²) in [5.74, 6) is -2.30. The van der Waals surface area contributed by atoms with Gasteiger partial charge in [0.05, 0.1) is 13.2 Å². The lowest BCUT2D eigenvalue weighted by Gasteiger charge is -2.53. The van der Waals surface area contributed by atoms with Crippen LogP contribution in [-0.4, -0.2) is 72.1 Å². The Kier molecular flexibility index (Phi) is 3.03. The molecule has 0 saturated carbocycles. The topological polar surface area (TPSA) is 89.9 Å². The summed E-state index contributed by atoms with van der Waals surface area (Å²) in [5.41, 5.74) is -2.57. The zero-order valence-corrected chi connectivity index (χ0v) is 12.2. The van der Waals surface area contributed by atoms with Gasteiger partial charge in [0.25, 0.3) is 0 Å². The number of epoxide rings is 1. The van der Waals surface area contributed by atoms with Gasteiger partial charge in [-0.15, -0.1) is 0 Å². The summed E-state index contributed by atoms with van der Waals surface area (Å²) >= 11 is 0. The summed E-state index contributed by atoms with van der Waals surface area (Å²) < 4.78 is 27.9.